The van der Waals surface area contributed by atoms with Gasteiger partial charge in [0, 0.05) is 11.3 Å². The molecule has 0 heterocycles. The fraction of sp³-hybridized carbons (Fsp3) is 0.235. The molecule has 0 fully saturated rings. The molecule has 0 saturated heterocycles. The van der Waals surface area contributed by atoms with Gasteiger partial charge in [0.15, 0.2) is 0 Å². The molecular formula is C17H17Cl3N2O2. The molecule has 0 aliphatic heterocycles. The quantitative estimate of drug-likeness (QED) is 0.585. The fourth-order valence-electron chi connectivity index (χ4n) is 2.05. The highest BCUT2D eigenvalue weighted by Gasteiger charge is 2.34. The van der Waals surface area contributed by atoms with Gasteiger partial charge in [-0.25, -0.2) is 0 Å². The van der Waals surface area contributed by atoms with Gasteiger partial charge in [0.25, 0.3) is 5.91 Å². The summed E-state index contributed by atoms with van der Waals surface area (Å²) in [7, 11) is 1.58. The molecule has 128 valence electrons. The van der Waals surface area contributed by atoms with E-state index in [0.717, 1.165) is 5.56 Å². The van der Waals surface area contributed by atoms with Gasteiger partial charge < -0.3 is 15.4 Å². The molecule has 0 aliphatic rings. The number of amides is 1. The number of ether oxygens (including phenoxy) is 1. The Morgan fingerprint density at radius 1 is 1.12 bits per heavy atom. The number of aryl methyl sites for hydroxylation is 1. The summed E-state index contributed by atoms with van der Waals surface area (Å²) in [6, 6.07) is 14.2. The van der Waals surface area contributed by atoms with Gasteiger partial charge in [-0.05, 0) is 43.3 Å². The maximum Gasteiger partial charge on any atom is 0.252 e. The molecule has 1 amide bonds. The van der Waals surface area contributed by atoms with Crippen molar-refractivity contribution in [3.63, 3.8) is 0 Å². The van der Waals surface area contributed by atoms with Crippen LogP contribution in [0, 0.1) is 6.92 Å². The minimum Gasteiger partial charge on any atom is -0.497 e. The normalized spacial score (nSPS) is 12.4. The first-order valence-corrected chi connectivity index (χ1v) is 8.28. The van der Waals surface area contributed by atoms with E-state index < -0.39 is 9.96 Å². The van der Waals surface area contributed by atoms with Crippen molar-refractivity contribution in [1.82, 2.24) is 5.32 Å². The number of hydrogen-bond donors (Lipinski definition) is 2. The van der Waals surface area contributed by atoms with Crippen LogP contribution < -0.4 is 15.4 Å². The van der Waals surface area contributed by atoms with Gasteiger partial charge in [-0.1, -0.05) is 52.5 Å². The summed E-state index contributed by atoms with van der Waals surface area (Å²) in [5.41, 5.74) is 2.14. The fourth-order valence-corrected chi connectivity index (χ4v) is 2.38. The van der Waals surface area contributed by atoms with Crippen LogP contribution in [0.4, 0.5) is 5.69 Å². The second-order valence-corrected chi connectivity index (χ2v) is 7.56. The average Bonchev–Trinajstić information content (AvgIpc) is 2.54. The largest absolute Gasteiger partial charge is 0.497 e. The van der Waals surface area contributed by atoms with Crippen LogP contribution >= 0.6 is 34.8 Å². The number of alkyl halides is 3. The second-order valence-electron chi connectivity index (χ2n) is 5.19. The topological polar surface area (TPSA) is 50.4 Å². The highest BCUT2D eigenvalue weighted by Crippen LogP contribution is 2.31. The standard InChI is InChI=1S/C17H17Cl3N2O2/c1-11-4-3-5-12(10-11)15(23)22-16(17(18,19)20)21-13-6-8-14(24-2)9-7-13/h3-10,16,21H,1-2H3,(H,22,23)/t16-/m0/s1. The first-order valence-electron chi connectivity index (χ1n) is 7.14. The van der Waals surface area contributed by atoms with E-state index in [9.17, 15) is 4.79 Å². The van der Waals surface area contributed by atoms with Crippen molar-refractivity contribution >= 4 is 46.4 Å². The number of nitrogens with one attached hydrogen (secondary N) is 2. The number of halogens is 3. The summed E-state index contributed by atoms with van der Waals surface area (Å²) in [5.74, 6) is 0.366. The lowest BCUT2D eigenvalue weighted by Gasteiger charge is -2.27. The number of benzene rings is 2. The molecule has 2 N–H and O–H groups in total. The van der Waals surface area contributed by atoms with E-state index in [4.69, 9.17) is 39.5 Å². The number of methoxy groups -OCH3 is 1. The Morgan fingerprint density at radius 2 is 1.79 bits per heavy atom. The summed E-state index contributed by atoms with van der Waals surface area (Å²) >= 11 is 18.0. The zero-order valence-electron chi connectivity index (χ0n) is 13.1. The van der Waals surface area contributed by atoms with Crippen LogP contribution in [0.25, 0.3) is 0 Å². The Hall–Kier alpha value is -1.62. The molecule has 0 aromatic heterocycles. The van der Waals surface area contributed by atoms with Gasteiger partial charge in [0.2, 0.25) is 3.79 Å². The third kappa shape index (κ3) is 5.20. The van der Waals surface area contributed by atoms with Crippen molar-refractivity contribution in [3.8, 4) is 5.75 Å². The van der Waals surface area contributed by atoms with E-state index in [1.807, 2.05) is 13.0 Å². The molecular weight excluding hydrogens is 371 g/mol. The predicted octanol–water partition coefficient (Wildman–Crippen LogP) is 4.54. The number of rotatable bonds is 5. The van der Waals surface area contributed by atoms with Gasteiger partial charge in [-0.15, -0.1) is 0 Å². The Morgan fingerprint density at radius 3 is 2.33 bits per heavy atom. The van der Waals surface area contributed by atoms with E-state index in [-0.39, 0.29) is 5.91 Å². The number of anilines is 1. The molecule has 2 rings (SSSR count). The maximum absolute atomic E-state index is 12.4. The molecule has 2 aromatic rings. The van der Waals surface area contributed by atoms with Crippen LogP contribution in [0.5, 0.6) is 5.75 Å². The van der Waals surface area contributed by atoms with Crippen LogP contribution in [0.3, 0.4) is 0 Å². The van der Waals surface area contributed by atoms with Gasteiger partial charge in [0.1, 0.15) is 11.9 Å². The predicted molar refractivity (Wildman–Crippen MR) is 99.3 cm³/mol. The Labute approximate surface area is 156 Å². The highest BCUT2D eigenvalue weighted by atomic mass is 35.6. The zero-order valence-corrected chi connectivity index (χ0v) is 15.4. The molecule has 0 aliphatic carbocycles. The lowest BCUT2D eigenvalue weighted by atomic mass is 10.1. The first kappa shape index (κ1) is 18.7. The van der Waals surface area contributed by atoms with Crippen LogP contribution in [-0.2, 0) is 0 Å². The Bertz CT molecular complexity index is 700. The highest BCUT2D eigenvalue weighted by molar-refractivity contribution is 6.68. The Kier molecular flexibility index (Phi) is 6.21. The smallest absolute Gasteiger partial charge is 0.252 e. The molecule has 1 atom stereocenters. The van der Waals surface area contributed by atoms with Gasteiger partial charge in [-0.3, -0.25) is 4.79 Å². The number of carbonyl (C=O) groups is 1. The first-order chi connectivity index (χ1) is 11.3. The molecule has 0 unspecified atom stereocenters. The summed E-state index contributed by atoms with van der Waals surface area (Å²) in [5, 5.41) is 5.70. The van der Waals surface area contributed by atoms with Crippen molar-refractivity contribution in [2.24, 2.45) is 0 Å². The monoisotopic (exact) mass is 386 g/mol. The van der Waals surface area contributed by atoms with E-state index in [0.29, 0.717) is 17.0 Å². The summed E-state index contributed by atoms with van der Waals surface area (Å²) < 4.78 is 3.36. The van der Waals surface area contributed by atoms with Crippen molar-refractivity contribution in [3.05, 3.63) is 59.7 Å². The van der Waals surface area contributed by atoms with Crippen LogP contribution in [0.2, 0.25) is 0 Å². The number of carbonyl (C=O) groups excluding carboxylic acids is 1. The zero-order chi connectivity index (χ0) is 17.7. The minimum absolute atomic E-state index is 0.337. The molecule has 24 heavy (non-hydrogen) atoms. The lowest BCUT2D eigenvalue weighted by Crippen LogP contribution is -2.49. The molecule has 0 saturated carbocycles. The van der Waals surface area contributed by atoms with Crippen molar-refractivity contribution in [1.29, 1.82) is 0 Å². The van der Waals surface area contributed by atoms with Gasteiger partial charge in [0.05, 0.1) is 7.11 Å². The minimum atomic E-state index is -1.74. The third-order valence-corrected chi connectivity index (χ3v) is 3.94. The van der Waals surface area contributed by atoms with Crippen LogP contribution in [0.15, 0.2) is 48.5 Å². The third-order valence-electron chi connectivity index (χ3n) is 3.28. The summed E-state index contributed by atoms with van der Waals surface area (Å²) in [6.07, 6.45) is -0.913. The second kappa shape index (κ2) is 7.97. The van der Waals surface area contributed by atoms with E-state index in [2.05, 4.69) is 10.6 Å². The lowest BCUT2D eigenvalue weighted by molar-refractivity contribution is 0.0941. The molecule has 0 spiro atoms. The van der Waals surface area contributed by atoms with Crippen molar-refractivity contribution < 1.29 is 9.53 Å². The number of hydrogen-bond acceptors (Lipinski definition) is 3. The molecule has 0 bridgehead atoms. The van der Waals surface area contributed by atoms with E-state index in [1.54, 1.807) is 49.6 Å². The maximum atomic E-state index is 12.4. The Balaban J connectivity index is 2.14. The van der Waals surface area contributed by atoms with Gasteiger partial charge in [-0.2, -0.15) is 0 Å². The molecule has 0 radical (unpaired) electrons. The summed E-state index contributed by atoms with van der Waals surface area (Å²) in [6.45, 7) is 1.90. The summed E-state index contributed by atoms with van der Waals surface area (Å²) in [4.78, 5) is 12.4. The molecule has 4 nitrogen and oxygen atoms in total. The molecule has 2 aromatic carbocycles. The SMILES string of the molecule is COc1ccc(N[C@@H](NC(=O)c2cccc(C)c2)C(Cl)(Cl)Cl)cc1. The van der Waals surface area contributed by atoms with E-state index >= 15 is 0 Å². The van der Waals surface area contributed by atoms with E-state index in [1.165, 1.54) is 0 Å². The average molecular weight is 388 g/mol. The van der Waals surface area contributed by atoms with Crippen LogP contribution in [0.1, 0.15) is 15.9 Å². The van der Waals surface area contributed by atoms with Crippen molar-refractivity contribution in [2.45, 2.75) is 16.9 Å². The van der Waals surface area contributed by atoms with Crippen LogP contribution in [-0.4, -0.2) is 23.0 Å². The van der Waals surface area contributed by atoms with Gasteiger partial charge >= 0.3 is 0 Å². The molecule has 7 heteroatoms. The van der Waals surface area contributed by atoms with Crippen molar-refractivity contribution in [2.75, 3.05) is 12.4 Å².